The number of benzene rings is 2. The van der Waals surface area contributed by atoms with E-state index in [0.717, 1.165) is 5.69 Å². The number of fused-ring (bicyclic) bond motifs is 1. The molecule has 0 spiro atoms. The second-order valence-corrected chi connectivity index (χ2v) is 5.56. The monoisotopic (exact) mass is 406 g/mol. The normalized spacial score (nSPS) is 9.77. The molecule has 2 aromatic heterocycles. The van der Waals surface area contributed by atoms with Crippen molar-refractivity contribution in [1.29, 1.82) is 0 Å². The number of aromatic nitrogens is 5. The average Bonchev–Trinajstić information content (AvgIpc) is 3.12. The van der Waals surface area contributed by atoms with Crippen molar-refractivity contribution in [3.8, 4) is 18.5 Å². The van der Waals surface area contributed by atoms with Crippen LogP contribution in [0.4, 0.5) is 22.2 Å². The number of nitrogens with zero attached hydrogens (tertiary/aromatic N) is 5. The Balaban J connectivity index is 0.000000757. The smallest absolute Gasteiger partial charge is 0.229 e. The third-order valence-electron chi connectivity index (χ3n) is 3.77. The van der Waals surface area contributed by atoms with Crippen LogP contribution in [0.15, 0.2) is 48.5 Å². The lowest BCUT2D eigenvalue weighted by molar-refractivity contribution is 0.629. The summed E-state index contributed by atoms with van der Waals surface area (Å²) in [7, 11) is 0. The molecule has 0 aliphatic rings. The Morgan fingerprint density at radius 1 is 0.933 bits per heavy atom. The number of hydrogen-bond donors (Lipinski definition) is 3. The summed E-state index contributed by atoms with van der Waals surface area (Å²) in [5.74, 6) is 0.631. The first-order valence-electron chi connectivity index (χ1n) is 9.17. The van der Waals surface area contributed by atoms with Gasteiger partial charge in [0.1, 0.15) is 11.6 Å². The molecule has 0 radical (unpaired) electrons. The predicted octanol–water partition coefficient (Wildman–Crippen LogP) is 3.40. The van der Waals surface area contributed by atoms with Crippen LogP contribution in [0, 0.1) is 18.7 Å². The van der Waals surface area contributed by atoms with E-state index < -0.39 is 0 Å². The SMILES string of the molecule is C#C.CC.Nc1nc(N)nc(NCc2nc3ccc(F)cc3n2-c2ccccc2)n1. The minimum Gasteiger partial charge on any atom is -0.368 e. The van der Waals surface area contributed by atoms with Gasteiger partial charge in [0, 0.05) is 11.8 Å². The van der Waals surface area contributed by atoms with Gasteiger partial charge in [0.05, 0.1) is 17.6 Å². The number of anilines is 3. The van der Waals surface area contributed by atoms with Gasteiger partial charge in [-0.2, -0.15) is 15.0 Å². The van der Waals surface area contributed by atoms with Crippen LogP contribution in [-0.2, 0) is 6.54 Å². The van der Waals surface area contributed by atoms with E-state index in [0.29, 0.717) is 16.9 Å². The lowest BCUT2D eigenvalue weighted by atomic mass is 10.2. The molecule has 154 valence electrons. The van der Waals surface area contributed by atoms with Crippen LogP contribution in [0.5, 0.6) is 0 Å². The third kappa shape index (κ3) is 4.99. The number of nitrogens with two attached hydrogens (primary N) is 2. The molecular formula is C21H23FN8. The fourth-order valence-corrected chi connectivity index (χ4v) is 2.73. The molecule has 0 unspecified atom stereocenters. The first-order chi connectivity index (χ1) is 14.6. The lowest BCUT2D eigenvalue weighted by Gasteiger charge is -2.10. The second-order valence-electron chi connectivity index (χ2n) is 5.56. The minimum absolute atomic E-state index is 0.0265. The number of terminal acetylenes is 1. The van der Waals surface area contributed by atoms with Crippen LogP contribution in [-0.4, -0.2) is 24.5 Å². The fourth-order valence-electron chi connectivity index (χ4n) is 2.73. The van der Waals surface area contributed by atoms with Crippen molar-refractivity contribution in [2.45, 2.75) is 20.4 Å². The van der Waals surface area contributed by atoms with E-state index in [1.54, 1.807) is 6.07 Å². The highest BCUT2D eigenvalue weighted by Crippen LogP contribution is 2.23. The molecule has 9 heteroatoms. The number of hydrogen-bond acceptors (Lipinski definition) is 7. The van der Waals surface area contributed by atoms with Crippen LogP contribution >= 0.6 is 0 Å². The van der Waals surface area contributed by atoms with E-state index in [2.05, 4.69) is 38.1 Å². The number of imidazole rings is 1. The van der Waals surface area contributed by atoms with Gasteiger partial charge in [0.25, 0.3) is 0 Å². The quantitative estimate of drug-likeness (QED) is 0.444. The van der Waals surface area contributed by atoms with Crippen molar-refractivity contribution < 1.29 is 4.39 Å². The Hall–Kier alpha value is -4.19. The van der Waals surface area contributed by atoms with E-state index in [4.69, 9.17) is 11.5 Å². The number of nitrogens with one attached hydrogen (secondary N) is 1. The van der Waals surface area contributed by atoms with Gasteiger partial charge >= 0.3 is 0 Å². The molecule has 0 aliphatic heterocycles. The van der Waals surface area contributed by atoms with E-state index in [1.807, 2.05) is 48.7 Å². The second kappa shape index (κ2) is 10.4. The summed E-state index contributed by atoms with van der Waals surface area (Å²) in [4.78, 5) is 16.3. The Kier molecular flexibility index (Phi) is 7.65. The lowest BCUT2D eigenvalue weighted by Crippen LogP contribution is -2.12. The molecule has 2 aromatic carbocycles. The van der Waals surface area contributed by atoms with Crippen LogP contribution in [0.1, 0.15) is 19.7 Å². The van der Waals surface area contributed by atoms with Gasteiger partial charge in [0.15, 0.2) is 0 Å². The molecule has 0 aliphatic carbocycles. The van der Waals surface area contributed by atoms with Gasteiger partial charge < -0.3 is 16.8 Å². The molecule has 5 N–H and O–H groups in total. The van der Waals surface area contributed by atoms with Crippen molar-refractivity contribution in [2.24, 2.45) is 0 Å². The molecule has 0 saturated carbocycles. The summed E-state index contributed by atoms with van der Waals surface area (Å²) >= 11 is 0. The molecule has 0 fully saturated rings. The number of nitrogen functional groups attached to an aromatic ring is 2. The summed E-state index contributed by atoms with van der Waals surface area (Å²) in [6, 6.07) is 14.1. The maximum atomic E-state index is 13.8. The Morgan fingerprint density at radius 2 is 1.57 bits per heavy atom. The molecule has 0 amide bonds. The van der Waals surface area contributed by atoms with Crippen molar-refractivity contribution in [1.82, 2.24) is 24.5 Å². The molecule has 0 atom stereocenters. The van der Waals surface area contributed by atoms with Crippen LogP contribution in [0.25, 0.3) is 16.7 Å². The van der Waals surface area contributed by atoms with Crippen molar-refractivity contribution in [2.75, 3.05) is 16.8 Å². The van der Waals surface area contributed by atoms with Gasteiger partial charge in [-0.3, -0.25) is 4.57 Å². The van der Waals surface area contributed by atoms with Crippen LogP contribution in [0.3, 0.4) is 0 Å². The standard InChI is InChI=1S/C17H15FN8.C2H6.C2H2/c18-10-6-7-12-13(8-10)26(11-4-2-1-3-5-11)14(22-12)9-21-17-24-15(19)23-16(20)25-17;2*1-2/h1-8H,9H2,(H5,19,20,21,23,24,25);1-2H3;1-2H. The largest absolute Gasteiger partial charge is 0.368 e. The van der Waals surface area contributed by atoms with Gasteiger partial charge in [-0.1, -0.05) is 32.0 Å². The summed E-state index contributed by atoms with van der Waals surface area (Å²) in [5, 5.41) is 3.03. The topological polar surface area (TPSA) is 121 Å². The first kappa shape index (κ1) is 22.1. The zero-order chi connectivity index (χ0) is 22.1. The Morgan fingerprint density at radius 3 is 2.20 bits per heavy atom. The molecule has 30 heavy (non-hydrogen) atoms. The van der Waals surface area contributed by atoms with Gasteiger partial charge in [-0.15, -0.1) is 12.8 Å². The molecular weight excluding hydrogens is 383 g/mol. The summed E-state index contributed by atoms with van der Waals surface area (Å²) < 4.78 is 15.6. The van der Waals surface area contributed by atoms with E-state index in [1.165, 1.54) is 12.1 Å². The Bertz CT molecular complexity index is 1100. The van der Waals surface area contributed by atoms with Crippen molar-refractivity contribution in [3.05, 3.63) is 60.2 Å². The number of para-hydroxylation sites is 1. The summed E-state index contributed by atoms with van der Waals surface area (Å²) in [5.41, 5.74) is 13.4. The molecule has 4 aromatic rings. The minimum atomic E-state index is -0.327. The van der Waals surface area contributed by atoms with Crippen molar-refractivity contribution in [3.63, 3.8) is 0 Å². The number of rotatable bonds is 4. The van der Waals surface area contributed by atoms with Gasteiger partial charge in [0.2, 0.25) is 17.8 Å². The van der Waals surface area contributed by atoms with E-state index in [9.17, 15) is 4.39 Å². The molecule has 8 nitrogen and oxygen atoms in total. The van der Waals surface area contributed by atoms with Crippen LogP contribution in [0.2, 0.25) is 0 Å². The highest BCUT2D eigenvalue weighted by Gasteiger charge is 2.14. The van der Waals surface area contributed by atoms with Crippen molar-refractivity contribution >= 4 is 28.9 Å². The average molecular weight is 406 g/mol. The van der Waals surface area contributed by atoms with E-state index in [-0.39, 0.29) is 30.2 Å². The molecule has 4 rings (SSSR count). The zero-order valence-electron chi connectivity index (χ0n) is 16.7. The highest BCUT2D eigenvalue weighted by molar-refractivity contribution is 5.78. The van der Waals surface area contributed by atoms with Crippen LogP contribution < -0.4 is 16.8 Å². The van der Waals surface area contributed by atoms with Gasteiger partial charge in [-0.25, -0.2) is 9.37 Å². The summed E-state index contributed by atoms with van der Waals surface area (Å²) in [6.45, 7) is 4.29. The molecule has 0 bridgehead atoms. The zero-order valence-corrected chi connectivity index (χ0v) is 16.7. The highest BCUT2D eigenvalue weighted by atomic mass is 19.1. The third-order valence-corrected chi connectivity index (χ3v) is 3.77. The fraction of sp³-hybridized carbons (Fsp3) is 0.143. The molecule has 2 heterocycles. The Labute approximate surface area is 174 Å². The number of halogens is 1. The molecule has 0 saturated heterocycles. The predicted molar refractivity (Wildman–Crippen MR) is 118 cm³/mol. The van der Waals surface area contributed by atoms with Gasteiger partial charge in [-0.05, 0) is 24.3 Å². The summed E-state index contributed by atoms with van der Waals surface area (Å²) in [6.07, 6.45) is 8.00. The maximum absolute atomic E-state index is 13.8. The first-order valence-corrected chi connectivity index (χ1v) is 9.17. The van der Waals surface area contributed by atoms with E-state index >= 15 is 0 Å². The maximum Gasteiger partial charge on any atom is 0.229 e.